The molecule has 0 aromatic rings. The quantitative estimate of drug-likeness (QED) is 0.769. The molecule has 4 nitrogen and oxygen atoms in total. The minimum atomic E-state index is -0.301. The Labute approximate surface area is 124 Å². The van der Waals surface area contributed by atoms with E-state index in [2.05, 4.69) is 42.2 Å². The first-order valence-electron chi connectivity index (χ1n) is 8.16. The van der Waals surface area contributed by atoms with Crippen molar-refractivity contribution < 1.29 is 0 Å². The van der Waals surface area contributed by atoms with Gasteiger partial charge in [-0.3, -0.25) is 10.2 Å². The van der Waals surface area contributed by atoms with Crippen molar-refractivity contribution in [3.8, 4) is 6.07 Å². The van der Waals surface area contributed by atoms with Gasteiger partial charge in [0.2, 0.25) is 0 Å². The number of nitrogens with zero attached hydrogens (tertiary/aromatic N) is 3. The van der Waals surface area contributed by atoms with Crippen molar-refractivity contribution >= 4 is 0 Å². The zero-order valence-electron chi connectivity index (χ0n) is 13.4. The molecular formula is C16H30N4. The van der Waals surface area contributed by atoms with E-state index in [-0.39, 0.29) is 5.54 Å². The smallest absolute Gasteiger partial charge is 0.122 e. The van der Waals surface area contributed by atoms with E-state index in [1.165, 1.54) is 25.7 Å². The zero-order valence-corrected chi connectivity index (χ0v) is 13.4. The van der Waals surface area contributed by atoms with Gasteiger partial charge >= 0.3 is 0 Å². The molecule has 1 saturated carbocycles. The first-order chi connectivity index (χ1) is 9.61. The summed E-state index contributed by atoms with van der Waals surface area (Å²) < 4.78 is 0. The van der Waals surface area contributed by atoms with Gasteiger partial charge in [-0.2, -0.15) is 5.26 Å². The molecule has 20 heavy (non-hydrogen) atoms. The Hall–Kier alpha value is -0.630. The third-order valence-electron chi connectivity index (χ3n) is 4.85. The van der Waals surface area contributed by atoms with Gasteiger partial charge in [0.05, 0.1) is 6.07 Å². The molecule has 2 fully saturated rings. The highest BCUT2D eigenvalue weighted by molar-refractivity contribution is 5.17. The summed E-state index contributed by atoms with van der Waals surface area (Å²) in [4.78, 5) is 4.84. The summed E-state index contributed by atoms with van der Waals surface area (Å²) >= 11 is 0. The molecule has 0 bridgehead atoms. The lowest BCUT2D eigenvalue weighted by Crippen LogP contribution is -2.57. The summed E-state index contributed by atoms with van der Waals surface area (Å²) in [6.07, 6.45) is 6.07. The van der Waals surface area contributed by atoms with Crippen LogP contribution in [0, 0.1) is 17.2 Å². The molecule has 2 unspecified atom stereocenters. The van der Waals surface area contributed by atoms with Crippen LogP contribution >= 0.6 is 0 Å². The van der Waals surface area contributed by atoms with Crippen LogP contribution in [0.4, 0.5) is 0 Å². The van der Waals surface area contributed by atoms with Crippen molar-refractivity contribution in [3.05, 3.63) is 0 Å². The Balaban J connectivity index is 1.98. The van der Waals surface area contributed by atoms with E-state index in [0.717, 1.165) is 32.6 Å². The first-order valence-corrected chi connectivity index (χ1v) is 8.16. The van der Waals surface area contributed by atoms with Gasteiger partial charge in [-0.05, 0) is 65.2 Å². The van der Waals surface area contributed by atoms with Crippen molar-refractivity contribution in [2.24, 2.45) is 5.92 Å². The first kappa shape index (κ1) is 15.8. The van der Waals surface area contributed by atoms with Crippen LogP contribution in [0.15, 0.2) is 0 Å². The number of nitrogens with one attached hydrogen (secondary N) is 1. The van der Waals surface area contributed by atoms with Crippen molar-refractivity contribution in [2.75, 3.05) is 40.3 Å². The van der Waals surface area contributed by atoms with Crippen LogP contribution in [0.5, 0.6) is 0 Å². The fourth-order valence-corrected chi connectivity index (χ4v) is 3.37. The van der Waals surface area contributed by atoms with Crippen LogP contribution in [-0.4, -0.2) is 61.7 Å². The fraction of sp³-hybridized carbons (Fsp3) is 0.938. The van der Waals surface area contributed by atoms with Crippen LogP contribution in [0.3, 0.4) is 0 Å². The molecule has 1 aliphatic heterocycles. The molecule has 0 aromatic heterocycles. The Kier molecular flexibility index (Phi) is 5.42. The predicted molar refractivity (Wildman–Crippen MR) is 82.5 cm³/mol. The van der Waals surface area contributed by atoms with Crippen molar-refractivity contribution in [1.29, 1.82) is 5.26 Å². The van der Waals surface area contributed by atoms with Crippen LogP contribution in [0.25, 0.3) is 0 Å². The predicted octanol–water partition coefficient (Wildman–Crippen LogP) is 1.68. The SMILES string of the molecule is CCCNC(C#N)(CN1CCCC(N(C)C)C1)C1CC1. The van der Waals surface area contributed by atoms with Crippen molar-refractivity contribution in [2.45, 2.75) is 50.6 Å². The fourth-order valence-electron chi connectivity index (χ4n) is 3.37. The Morgan fingerprint density at radius 3 is 2.65 bits per heavy atom. The normalized spacial score (nSPS) is 27.2. The number of likely N-dealkylation sites (N-methyl/N-ethyl adjacent to an activating group) is 1. The minimum Gasteiger partial charge on any atom is -0.305 e. The van der Waals surface area contributed by atoms with E-state index in [4.69, 9.17) is 0 Å². The van der Waals surface area contributed by atoms with E-state index in [1.54, 1.807) is 0 Å². The van der Waals surface area contributed by atoms with Gasteiger partial charge in [0, 0.05) is 19.1 Å². The number of nitriles is 1. The minimum absolute atomic E-state index is 0.301. The maximum absolute atomic E-state index is 9.77. The Morgan fingerprint density at radius 1 is 1.35 bits per heavy atom. The average molecular weight is 278 g/mol. The zero-order chi connectivity index (χ0) is 14.6. The maximum atomic E-state index is 9.77. The monoisotopic (exact) mass is 278 g/mol. The highest BCUT2D eigenvalue weighted by Gasteiger charge is 2.46. The lowest BCUT2D eigenvalue weighted by Gasteiger charge is -2.40. The van der Waals surface area contributed by atoms with Crippen LogP contribution < -0.4 is 5.32 Å². The van der Waals surface area contributed by atoms with E-state index in [1.807, 2.05) is 0 Å². The molecule has 2 rings (SSSR count). The van der Waals surface area contributed by atoms with Gasteiger partial charge in [0.15, 0.2) is 0 Å². The molecule has 0 aromatic carbocycles. The molecule has 1 aliphatic carbocycles. The largest absolute Gasteiger partial charge is 0.305 e. The number of piperidine rings is 1. The lowest BCUT2D eigenvalue weighted by molar-refractivity contribution is 0.107. The second-order valence-corrected chi connectivity index (χ2v) is 6.78. The van der Waals surface area contributed by atoms with Crippen molar-refractivity contribution in [1.82, 2.24) is 15.1 Å². The van der Waals surface area contributed by atoms with Gasteiger partial charge < -0.3 is 4.90 Å². The molecule has 2 atom stereocenters. The topological polar surface area (TPSA) is 42.3 Å². The summed E-state index contributed by atoms with van der Waals surface area (Å²) in [5.41, 5.74) is -0.301. The molecule has 0 radical (unpaired) electrons. The molecule has 1 N–H and O–H groups in total. The highest BCUT2D eigenvalue weighted by Crippen LogP contribution is 2.40. The molecule has 1 saturated heterocycles. The molecule has 114 valence electrons. The van der Waals surface area contributed by atoms with E-state index in [0.29, 0.717) is 12.0 Å². The molecule has 0 spiro atoms. The summed E-state index contributed by atoms with van der Waals surface area (Å²) in [6.45, 7) is 6.28. The second kappa shape index (κ2) is 6.89. The summed E-state index contributed by atoms with van der Waals surface area (Å²) in [6, 6.07) is 3.28. The van der Waals surface area contributed by atoms with E-state index in [9.17, 15) is 5.26 Å². The number of likely N-dealkylation sites (tertiary alicyclic amines) is 1. The Morgan fingerprint density at radius 2 is 2.10 bits per heavy atom. The van der Waals surface area contributed by atoms with Crippen LogP contribution in [0.2, 0.25) is 0 Å². The van der Waals surface area contributed by atoms with Gasteiger partial charge in [-0.1, -0.05) is 6.92 Å². The average Bonchev–Trinajstić information content (AvgIpc) is 3.29. The van der Waals surface area contributed by atoms with Gasteiger partial charge in [0.1, 0.15) is 5.54 Å². The van der Waals surface area contributed by atoms with E-state index < -0.39 is 0 Å². The van der Waals surface area contributed by atoms with Gasteiger partial charge in [-0.15, -0.1) is 0 Å². The van der Waals surface area contributed by atoms with Gasteiger partial charge in [-0.25, -0.2) is 0 Å². The molecule has 4 heteroatoms. The Bertz CT molecular complexity index is 345. The van der Waals surface area contributed by atoms with Crippen molar-refractivity contribution in [3.63, 3.8) is 0 Å². The summed E-state index contributed by atoms with van der Waals surface area (Å²) in [5.74, 6) is 0.568. The molecular weight excluding hydrogens is 248 g/mol. The number of rotatable bonds is 7. The van der Waals surface area contributed by atoms with Crippen LogP contribution in [-0.2, 0) is 0 Å². The standard InChI is InChI=1S/C16H30N4/c1-4-9-18-16(12-17,14-7-8-14)13-20-10-5-6-15(11-20)19(2)3/h14-15,18H,4-11,13H2,1-3H3. The van der Waals surface area contributed by atoms with Gasteiger partial charge in [0.25, 0.3) is 0 Å². The second-order valence-electron chi connectivity index (χ2n) is 6.78. The van der Waals surface area contributed by atoms with E-state index >= 15 is 0 Å². The summed E-state index contributed by atoms with van der Waals surface area (Å²) in [7, 11) is 4.34. The number of hydrogen-bond donors (Lipinski definition) is 1. The number of hydrogen-bond acceptors (Lipinski definition) is 4. The lowest BCUT2D eigenvalue weighted by atomic mass is 9.92. The third-order valence-corrected chi connectivity index (χ3v) is 4.85. The molecule has 1 heterocycles. The van der Waals surface area contributed by atoms with Crippen LogP contribution in [0.1, 0.15) is 39.0 Å². The molecule has 2 aliphatic rings. The highest BCUT2D eigenvalue weighted by atomic mass is 15.2. The maximum Gasteiger partial charge on any atom is 0.122 e. The molecule has 0 amide bonds. The third kappa shape index (κ3) is 3.72. The summed E-state index contributed by atoms with van der Waals surface area (Å²) in [5, 5.41) is 13.3.